The molecule has 2 heteroatoms. The van der Waals surface area contributed by atoms with Gasteiger partial charge in [-0.25, -0.2) is 0 Å². The van der Waals surface area contributed by atoms with Gasteiger partial charge in [0, 0.05) is 16.4 Å². The molecule has 0 saturated carbocycles. The van der Waals surface area contributed by atoms with Crippen molar-refractivity contribution in [3.8, 4) is 0 Å². The number of halogens is 1. The van der Waals surface area contributed by atoms with Gasteiger partial charge in [-0.05, 0) is 45.9 Å². The maximum absolute atomic E-state index is 11.9. The summed E-state index contributed by atoms with van der Waals surface area (Å²) < 4.78 is 1.20. The molecule has 0 aliphatic heterocycles. The van der Waals surface area contributed by atoms with Gasteiger partial charge in [-0.2, -0.15) is 0 Å². The molecule has 0 unspecified atom stereocenters. The molecule has 0 fully saturated rings. The third kappa shape index (κ3) is 3.97. The summed E-state index contributed by atoms with van der Waals surface area (Å²) in [5.74, 6) is 0.261. The molecule has 0 bridgehead atoms. The zero-order valence-electron chi connectivity index (χ0n) is 9.40. The molecule has 17 heavy (non-hydrogen) atoms. The number of benzene rings is 2. The average Bonchev–Trinajstić information content (AvgIpc) is 2.33. The second kappa shape index (κ2) is 5.96. The van der Waals surface area contributed by atoms with Crippen LogP contribution in [0.15, 0.2) is 54.6 Å². The second-order valence-electron chi connectivity index (χ2n) is 4.00. The highest BCUT2D eigenvalue weighted by molar-refractivity contribution is 14.1. The average molecular weight is 336 g/mol. The first-order valence-electron chi connectivity index (χ1n) is 5.54. The van der Waals surface area contributed by atoms with E-state index in [1.165, 1.54) is 3.57 Å². The summed E-state index contributed by atoms with van der Waals surface area (Å²) in [7, 11) is 0. The van der Waals surface area contributed by atoms with Crippen LogP contribution in [0.2, 0.25) is 0 Å². The Balaban J connectivity index is 1.96. The first-order valence-corrected chi connectivity index (χ1v) is 6.62. The molecular formula is C15H13IO. The van der Waals surface area contributed by atoms with Gasteiger partial charge in [-0.1, -0.05) is 42.5 Å². The van der Waals surface area contributed by atoms with Crippen LogP contribution in [-0.2, 0) is 17.6 Å². The predicted molar refractivity (Wildman–Crippen MR) is 78.0 cm³/mol. The minimum atomic E-state index is 0.261. The quantitative estimate of drug-likeness (QED) is 0.779. The number of rotatable bonds is 4. The fourth-order valence-corrected chi connectivity index (χ4v) is 2.08. The van der Waals surface area contributed by atoms with Crippen molar-refractivity contribution < 1.29 is 4.79 Å². The fraction of sp³-hybridized carbons (Fsp3) is 0.133. The van der Waals surface area contributed by atoms with Gasteiger partial charge >= 0.3 is 0 Å². The summed E-state index contributed by atoms with van der Waals surface area (Å²) in [6.07, 6.45) is 1.04. The Morgan fingerprint density at radius 3 is 1.94 bits per heavy atom. The number of ketones is 1. The second-order valence-corrected chi connectivity index (χ2v) is 5.25. The number of carbonyl (C=O) groups is 1. The van der Waals surface area contributed by atoms with Crippen molar-refractivity contribution in [3.05, 3.63) is 69.3 Å². The molecular weight excluding hydrogens is 323 g/mol. The van der Waals surface area contributed by atoms with E-state index in [-0.39, 0.29) is 5.78 Å². The van der Waals surface area contributed by atoms with Crippen LogP contribution in [0.25, 0.3) is 0 Å². The Morgan fingerprint density at radius 2 is 1.35 bits per heavy atom. The van der Waals surface area contributed by atoms with Gasteiger partial charge in [-0.3, -0.25) is 4.79 Å². The Morgan fingerprint density at radius 1 is 0.824 bits per heavy atom. The fourth-order valence-electron chi connectivity index (χ4n) is 1.72. The highest BCUT2D eigenvalue weighted by Crippen LogP contribution is 2.09. The molecule has 0 aromatic heterocycles. The monoisotopic (exact) mass is 336 g/mol. The van der Waals surface area contributed by atoms with E-state index < -0.39 is 0 Å². The Bertz CT molecular complexity index is 488. The lowest BCUT2D eigenvalue weighted by molar-refractivity contribution is -0.117. The van der Waals surface area contributed by atoms with Gasteiger partial charge in [-0.15, -0.1) is 0 Å². The zero-order valence-corrected chi connectivity index (χ0v) is 11.6. The molecule has 86 valence electrons. The SMILES string of the molecule is O=C(Cc1ccccc1)Cc1ccc(I)cc1. The molecule has 2 aromatic rings. The van der Waals surface area contributed by atoms with Crippen molar-refractivity contribution in [2.45, 2.75) is 12.8 Å². The van der Waals surface area contributed by atoms with Crippen LogP contribution >= 0.6 is 22.6 Å². The van der Waals surface area contributed by atoms with E-state index in [0.29, 0.717) is 12.8 Å². The molecule has 2 rings (SSSR count). The highest BCUT2D eigenvalue weighted by Gasteiger charge is 2.04. The third-order valence-corrected chi connectivity index (χ3v) is 3.28. The molecule has 0 amide bonds. The maximum atomic E-state index is 11.9. The van der Waals surface area contributed by atoms with Crippen molar-refractivity contribution in [1.29, 1.82) is 0 Å². The molecule has 0 aliphatic rings. The summed E-state index contributed by atoms with van der Waals surface area (Å²) in [4.78, 5) is 11.9. The standard InChI is InChI=1S/C15H13IO/c16-14-8-6-13(7-9-14)11-15(17)10-12-4-2-1-3-5-12/h1-9H,10-11H2. The van der Waals surface area contributed by atoms with Crippen LogP contribution < -0.4 is 0 Å². The van der Waals surface area contributed by atoms with Gasteiger partial charge < -0.3 is 0 Å². The van der Waals surface area contributed by atoms with Crippen LogP contribution in [0.3, 0.4) is 0 Å². The van der Waals surface area contributed by atoms with E-state index >= 15 is 0 Å². The lowest BCUT2D eigenvalue weighted by Crippen LogP contribution is -2.06. The van der Waals surface area contributed by atoms with E-state index in [1.54, 1.807) is 0 Å². The Kier molecular flexibility index (Phi) is 4.31. The highest BCUT2D eigenvalue weighted by atomic mass is 127. The third-order valence-electron chi connectivity index (χ3n) is 2.56. The van der Waals surface area contributed by atoms with Gasteiger partial charge in [0.25, 0.3) is 0 Å². The first-order chi connectivity index (χ1) is 8.24. The Hall–Kier alpha value is -1.16. The molecule has 0 saturated heterocycles. The molecule has 0 N–H and O–H groups in total. The van der Waals surface area contributed by atoms with Gasteiger partial charge in [0.05, 0.1) is 0 Å². The van der Waals surface area contributed by atoms with Crippen LogP contribution in [0.1, 0.15) is 11.1 Å². The van der Waals surface area contributed by atoms with Crippen LogP contribution in [0.4, 0.5) is 0 Å². The smallest absolute Gasteiger partial charge is 0.141 e. The van der Waals surface area contributed by atoms with Gasteiger partial charge in [0.2, 0.25) is 0 Å². The minimum absolute atomic E-state index is 0.261. The molecule has 0 heterocycles. The summed E-state index contributed by atoms with van der Waals surface area (Å²) >= 11 is 2.26. The summed E-state index contributed by atoms with van der Waals surface area (Å²) in [5, 5.41) is 0. The number of Topliss-reactive ketones (excluding diaryl/α,β-unsaturated/α-hetero) is 1. The molecule has 0 spiro atoms. The van der Waals surface area contributed by atoms with Crippen LogP contribution in [-0.4, -0.2) is 5.78 Å². The number of carbonyl (C=O) groups excluding carboxylic acids is 1. The predicted octanol–water partition coefficient (Wildman–Crippen LogP) is 3.65. The van der Waals surface area contributed by atoms with E-state index in [4.69, 9.17) is 0 Å². The van der Waals surface area contributed by atoms with E-state index in [0.717, 1.165) is 11.1 Å². The normalized spacial score (nSPS) is 10.2. The largest absolute Gasteiger partial charge is 0.299 e. The van der Waals surface area contributed by atoms with Crippen molar-refractivity contribution >= 4 is 28.4 Å². The molecule has 2 aromatic carbocycles. The topological polar surface area (TPSA) is 17.1 Å². The van der Waals surface area contributed by atoms with Gasteiger partial charge in [0.1, 0.15) is 5.78 Å². The van der Waals surface area contributed by atoms with E-state index in [9.17, 15) is 4.79 Å². The van der Waals surface area contributed by atoms with E-state index in [2.05, 4.69) is 22.6 Å². The number of hydrogen-bond donors (Lipinski definition) is 0. The van der Waals surface area contributed by atoms with Crippen LogP contribution in [0.5, 0.6) is 0 Å². The molecule has 0 atom stereocenters. The van der Waals surface area contributed by atoms with Crippen molar-refractivity contribution in [2.75, 3.05) is 0 Å². The van der Waals surface area contributed by atoms with Crippen molar-refractivity contribution in [1.82, 2.24) is 0 Å². The van der Waals surface area contributed by atoms with Gasteiger partial charge in [0.15, 0.2) is 0 Å². The molecule has 0 radical (unpaired) electrons. The first kappa shape index (κ1) is 12.3. The molecule has 1 nitrogen and oxygen atoms in total. The van der Waals surface area contributed by atoms with Crippen molar-refractivity contribution in [2.24, 2.45) is 0 Å². The minimum Gasteiger partial charge on any atom is -0.299 e. The van der Waals surface area contributed by atoms with Crippen molar-refractivity contribution in [3.63, 3.8) is 0 Å². The summed E-state index contributed by atoms with van der Waals surface area (Å²) in [5.41, 5.74) is 2.18. The lowest BCUT2D eigenvalue weighted by Gasteiger charge is -2.02. The molecule has 0 aliphatic carbocycles. The Labute approximate surface area is 115 Å². The van der Waals surface area contributed by atoms with Crippen LogP contribution in [0, 0.1) is 3.57 Å². The summed E-state index contributed by atoms with van der Waals surface area (Å²) in [6, 6.07) is 18.0. The number of hydrogen-bond acceptors (Lipinski definition) is 1. The summed E-state index contributed by atoms with van der Waals surface area (Å²) in [6.45, 7) is 0. The zero-order chi connectivity index (χ0) is 12.1. The van der Waals surface area contributed by atoms with E-state index in [1.807, 2.05) is 54.6 Å². The maximum Gasteiger partial charge on any atom is 0.141 e. The lowest BCUT2D eigenvalue weighted by atomic mass is 10.0.